The van der Waals surface area contributed by atoms with Crippen molar-refractivity contribution >= 4 is 10.9 Å². The smallest absolute Gasteiger partial charge is 0.258 e. The molecule has 1 atom stereocenters. The van der Waals surface area contributed by atoms with Crippen LogP contribution in [0.4, 0.5) is 0 Å². The molecular formula is C20H21N3O. The van der Waals surface area contributed by atoms with Gasteiger partial charge >= 0.3 is 0 Å². The van der Waals surface area contributed by atoms with Gasteiger partial charge in [0.05, 0.1) is 17.4 Å². The van der Waals surface area contributed by atoms with E-state index in [9.17, 15) is 4.79 Å². The van der Waals surface area contributed by atoms with Gasteiger partial charge in [0.1, 0.15) is 5.82 Å². The summed E-state index contributed by atoms with van der Waals surface area (Å²) in [5.41, 5.74) is 3.55. The van der Waals surface area contributed by atoms with Gasteiger partial charge in [0.2, 0.25) is 0 Å². The molecule has 1 N–H and O–H groups in total. The first-order valence-corrected chi connectivity index (χ1v) is 8.48. The van der Waals surface area contributed by atoms with E-state index in [4.69, 9.17) is 0 Å². The van der Waals surface area contributed by atoms with E-state index >= 15 is 0 Å². The number of hydrogen-bond acceptors (Lipinski definition) is 3. The SMILES string of the molecule is CN(Cc1nc2ccccc2c(=O)[nH]1)C1CCCc2ccccc21. The zero-order chi connectivity index (χ0) is 16.5. The molecule has 0 aliphatic heterocycles. The molecule has 0 amide bonds. The Morgan fingerprint density at radius 2 is 1.96 bits per heavy atom. The normalized spacial score (nSPS) is 17.2. The summed E-state index contributed by atoms with van der Waals surface area (Å²) in [7, 11) is 2.11. The van der Waals surface area contributed by atoms with E-state index in [2.05, 4.69) is 46.2 Å². The standard InChI is InChI=1S/C20H21N3O/c1-23(18-12-6-8-14-7-2-3-9-15(14)18)13-19-21-17-11-5-4-10-16(17)20(24)22-19/h2-5,7,9-11,18H,6,8,12-13H2,1H3,(H,21,22,24). The van der Waals surface area contributed by atoms with Crippen LogP contribution in [0.1, 0.15) is 35.8 Å². The van der Waals surface area contributed by atoms with Gasteiger partial charge in [0, 0.05) is 6.04 Å². The summed E-state index contributed by atoms with van der Waals surface area (Å²) < 4.78 is 0. The van der Waals surface area contributed by atoms with Crippen molar-refractivity contribution in [2.45, 2.75) is 31.8 Å². The number of H-pyrrole nitrogens is 1. The fraction of sp³-hybridized carbons (Fsp3) is 0.300. The molecule has 0 bridgehead atoms. The molecule has 0 saturated carbocycles. The van der Waals surface area contributed by atoms with Crippen molar-refractivity contribution in [3.05, 3.63) is 75.8 Å². The molecular weight excluding hydrogens is 298 g/mol. The molecule has 2 aromatic carbocycles. The van der Waals surface area contributed by atoms with Gasteiger partial charge in [0.15, 0.2) is 0 Å². The summed E-state index contributed by atoms with van der Waals surface area (Å²) in [6.45, 7) is 0.638. The second-order valence-corrected chi connectivity index (χ2v) is 6.55. The number of aromatic amines is 1. The van der Waals surface area contributed by atoms with Crippen LogP contribution in [-0.2, 0) is 13.0 Å². The van der Waals surface area contributed by atoms with Crippen LogP contribution in [0.25, 0.3) is 10.9 Å². The predicted octanol–water partition coefficient (Wildman–Crippen LogP) is 3.43. The lowest BCUT2D eigenvalue weighted by Gasteiger charge is -2.33. The summed E-state index contributed by atoms with van der Waals surface area (Å²) in [5.74, 6) is 0.726. The molecule has 1 heterocycles. The highest BCUT2D eigenvalue weighted by Gasteiger charge is 2.23. The van der Waals surface area contributed by atoms with E-state index in [1.807, 2.05) is 24.3 Å². The van der Waals surface area contributed by atoms with Crippen LogP contribution in [-0.4, -0.2) is 21.9 Å². The molecule has 1 aliphatic rings. The molecule has 4 heteroatoms. The molecule has 24 heavy (non-hydrogen) atoms. The molecule has 1 unspecified atom stereocenters. The summed E-state index contributed by atoms with van der Waals surface area (Å²) in [5, 5.41) is 0.645. The van der Waals surface area contributed by atoms with E-state index < -0.39 is 0 Å². The second kappa shape index (κ2) is 6.21. The molecule has 0 saturated heterocycles. The Morgan fingerprint density at radius 1 is 1.17 bits per heavy atom. The molecule has 3 aromatic rings. The lowest BCUT2D eigenvalue weighted by molar-refractivity contribution is 0.208. The van der Waals surface area contributed by atoms with Gasteiger partial charge < -0.3 is 4.98 Å². The summed E-state index contributed by atoms with van der Waals surface area (Å²) >= 11 is 0. The van der Waals surface area contributed by atoms with E-state index in [0.717, 1.165) is 24.2 Å². The van der Waals surface area contributed by atoms with E-state index in [0.29, 0.717) is 18.0 Å². The van der Waals surface area contributed by atoms with Crippen molar-refractivity contribution in [1.82, 2.24) is 14.9 Å². The summed E-state index contributed by atoms with van der Waals surface area (Å²) in [4.78, 5) is 22.1. The number of nitrogens with one attached hydrogen (secondary N) is 1. The number of nitrogens with zero attached hydrogens (tertiary/aromatic N) is 2. The van der Waals surface area contributed by atoms with Crippen molar-refractivity contribution in [3.8, 4) is 0 Å². The van der Waals surface area contributed by atoms with Gasteiger partial charge in [-0.25, -0.2) is 4.98 Å². The third-order valence-corrected chi connectivity index (χ3v) is 4.93. The average molecular weight is 319 g/mol. The molecule has 122 valence electrons. The number of hydrogen-bond donors (Lipinski definition) is 1. The van der Waals surface area contributed by atoms with Crippen LogP contribution in [0.2, 0.25) is 0 Å². The number of aryl methyl sites for hydroxylation is 1. The maximum atomic E-state index is 12.2. The minimum atomic E-state index is -0.0620. The molecule has 4 rings (SSSR count). The van der Waals surface area contributed by atoms with Gasteiger partial charge in [-0.05, 0) is 49.6 Å². The van der Waals surface area contributed by atoms with E-state index in [1.165, 1.54) is 17.5 Å². The molecule has 1 aliphatic carbocycles. The van der Waals surface area contributed by atoms with Crippen LogP contribution in [0, 0.1) is 0 Å². The lowest BCUT2D eigenvalue weighted by atomic mass is 9.87. The first kappa shape index (κ1) is 15.1. The molecule has 4 nitrogen and oxygen atoms in total. The topological polar surface area (TPSA) is 49.0 Å². The molecule has 0 spiro atoms. The van der Waals surface area contributed by atoms with Crippen molar-refractivity contribution in [2.24, 2.45) is 0 Å². The maximum Gasteiger partial charge on any atom is 0.258 e. The van der Waals surface area contributed by atoms with Crippen LogP contribution in [0.3, 0.4) is 0 Å². The van der Waals surface area contributed by atoms with Crippen molar-refractivity contribution in [1.29, 1.82) is 0 Å². The zero-order valence-corrected chi connectivity index (χ0v) is 13.8. The van der Waals surface area contributed by atoms with Gasteiger partial charge in [0.25, 0.3) is 5.56 Å². The highest BCUT2D eigenvalue weighted by molar-refractivity contribution is 5.77. The van der Waals surface area contributed by atoms with Crippen LogP contribution in [0.5, 0.6) is 0 Å². The minimum absolute atomic E-state index is 0.0620. The first-order chi connectivity index (χ1) is 11.7. The van der Waals surface area contributed by atoms with Gasteiger partial charge in [-0.3, -0.25) is 9.69 Å². The highest BCUT2D eigenvalue weighted by atomic mass is 16.1. The second-order valence-electron chi connectivity index (χ2n) is 6.55. The minimum Gasteiger partial charge on any atom is -0.309 e. The van der Waals surface area contributed by atoms with Crippen LogP contribution < -0.4 is 5.56 Å². The molecule has 0 fully saturated rings. The number of rotatable bonds is 3. The van der Waals surface area contributed by atoms with Crippen molar-refractivity contribution in [3.63, 3.8) is 0 Å². The van der Waals surface area contributed by atoms with Gasteiger partial charge in [-0.15, -0.1) is 0 Å². The quantitative estimate of drug-likeness (QED) is 0.804. The Kier molecular flexibility index (Phi) is 3.90. The Labute approximate surface area is 141 Å². The van der Waals surface area contributed by atoms with Crippen LogP contribution >= 0.6 is 0 Å². The summed E-state index contributed by atoms with van der Waals surface area (Å²) in [6.07, 6.45) is 3.50. The molecule has 1 aromatic heterocycles. The number of benzene rings is 2. The zero-order valence-electron chi connectivity index (χ0n) is 13.8. The summed E-state index contributed by atoms with van der Waals surface area (Å²) in [6, 6.07) is 16.5. The number of fused-ring (bicyclic) bond motifs is 2. The van der Waals surface area contributed by atoms with E-state index in [-0.39, 0.29) is 5.56 Å². The average Bonchev–Trinajstić information content (AvgIpc) is 2.61. The van der Waals surface area contributed by atoms with E-state index in [1.54, 1.807) is 0 Å². The van der Waals surface area contributed by atoms with Gasteiger partial charge in [-0.2, -0.15) is 0 Å². The third-order valence-electron chi connectivity index (χ3n) is 4.93. The fourth-order valence-electron chi connectivity index (χ4n) is 3.74. The first-order valence-electron chi connectivity index (χ1n) is 8.48. The Morgan fingerprint density at radius 3 is 2.88 bits per heavy atom. The Bertz CT molecular complexity index is 931. The lowest BCUT2D eigenvalue weighted by Crippen LogP contribution is -2.29. The molecule has 0 radical (unpaired) electrons. The Hall–Kier alpha value is -2.46. The fourth-order valence-corrected chi connectivity index (χ4v) is 3.74. The van der Waals surface area contributed by atoms with Gasteiger partial charge in [-0.1, -0.05) is 36.4 Å². The van der Waals surface area contributed by atoms with Crippen molar-refractivity contribution < 1.29 is 0 Å². The maximum absolute atomic E-state index is 12.2. The Balaban J connectivity index is 1.63. The third kappa shape index (κ3) is 2.74. The van der Waals surface area contributed by atoms with Crippen molar-refractivity contribution in [2.75, 3.05) is 7.05 Å². The number of para-hydroxylation sites is 1. The monoisotopic (exact) mass is 319 g/mol. The number of aromatic nitrogens is 2. The van der Waals surface area contributed by atoms with Crippen LogP contribution in [0.15, 0.2) is 53.3 Å². The highest BCUT2D eigenvalue weighted by Crippen LogP contribution is 2.33. The largest absolute Gasteiger partial charge is 0.309 e. The predicted molar refractivity (Wildman–Crippen MR) is 96.0 cm³/mol.